The summed E-state index contributed by atoms with van der Waals surface area (Å²) in [5.41, 5.74) is 6.12. The summed E-state index contributed by atoms with van der Waals surface area (Å²) in [7, 11) is 2.01. The Morgan fingerprint density at radius 1 is 1.19 bits per heavy atom. The van der Waals surface area contributed by atoms with Gasteiger partial charge in [-0.2, -0.15) is 0 Å². The van der Waals surface area contributed by atoms with Crippen LogP contribution in [-0.4, -0.2) is 30.4 Å². The van der Waals surface area contributed by atoms with Gasteiger partial charge in [0.1, 0.15) is 0 Å². The molecule has 124 valence electrons. The smallest absolute Gasteiger partial charge is 0.223 e. The van der Waals surface area contributed by atoms with E-state index in [1.165, 1.54) is 44.9 Å². The molecular formula is C17H33ClN2O. The van der Waals surface area contributed by atoms with E-state index in [4.69, 9.17) is 5.73 Å². The number of hydrogen-bond donors (Lipinski definition) is 1. The number of amides is 1. The van der Waals surface area contributed by atoms with Crippen molar-refractivity contribution in [3.8, 4) is 0 Å². The fourth-order valence-corrected chi connectivity index (χ4v) is 4.16. The van der Waals surface area contributed by atoms with E-state index in [9.17, 15) is 4.79 Å². The first-order valence-corrected chi connectivity index (χ1v) is 8.52. The van der Waals surface area contributed by atoms with Crippen LogP contribution < -0.4 is 5.73 Å². The minimum atomic E-state index is 0. The molecule has 21 heavy (non-hydrogen) atoms. The van der Waals surface area contributed by atoms with E-state index in [0.29, 0.717) is 24.9 Å². The lowest BCUT2D eigenvalue weighted by atomic mass is 9.71. The van der Waals surface area contributed by atoms with Crippen molar-refractivity contribution in [2.75, 3.05) is 13.6 Å². The highest BCUT2D eigenvalue weighted by molar-refractivity contribution is 5.85. The van der Waals surface area contributed by atoms with E-state index < -0.39 is 0 Å². The van der Waals surface area contributed by atoms with Gasteiger partial charge in [-0.15, -0.1) is 12.4 Å². The Bertz CT molecular complexity index is 329. The highest BCUT2D eigenvalue weighted by Gasteiger charge is 2.35. The van der Waals surface area contributed by atoms with Crippen LogP contribution in [-0.2, 0) is 4.79 Å². The molecule has 0 heterocycles. The van der Waals surface area contributed by atoms with Gasteiger partial charge in [0.25, 0.3) is 0 Å². The fourth-order valence-electron chi connectivity index (χ4n) is 4.16. The summed E-state index contributed by atoms with van der Waals surface area (Å²) in [6.45, 7) is 2.99. The Labute approximate surface area is 136 Å². The molecule has 2 fully saturated rings. The Morgan fingerprint density at radius 2 is 1.86 bits per heavy atom. The first-order chi connectivity index (χ1) is 9.56. The van der Waals surface area contributed by atoms with Gasteiger partial charge in [0.05, 0.1) is 0 Å². The van der Waals surface area contributed by atoms with Crippen LogP contribution in [0, 0.1) is 11.3 Å². The number of carbonyl (C=O) groups excluding carboxylic acids is 1. The third-order valence-corrected chi connectivity index (χ3v) is 5.72. The molecule has 2 aliphatic rings. The van der Waals surface area contributed by atoms with Gasteiger partial charge in [0.2, 0.25) is 5.91 Å². The number of nitrogens with two attached hydrogens (primary N) is 1. The molecule has 0 aromatic heterocycles. The molecule has 4 heteroatoms. The zero-order valence-corrected chi connectivity index (χ0v) is 14.6. The topological polar surface area (TPSA) is 46.3 Å². The highest BCUT2D eigenvalue weighted by atomic mass is 35.5. The number of hydrogen-bond acceptors (Lipinski definition) is 2. The fraction of sp³-hybridized carbons (Fsp3) is 0.941. The van der Waals surface area contributed by atoms with Crippen molar-refractivity contribution in [2.45, 2.75) is 77.2 Å². The third kappa shape index (κ3) is 4.85. The Hall–Kier alpha value is -0.280. The normalized spacial score (nSPS) is 28.5. The van der Waals surface area contributed by atoms with E-state index in [1.807, 2.05) is 11.9 Å². The lowest BCUT2D eigenvalue weighted by Crippen LogP contribution is -2.44. The van der Waals surface area contributed by atoms with Gasteiger partial charge in [-0.3, -0.25) is 4.79 Å². The van der Waals surface area contributed by atoms with Crippen molar-refractivity contribution in [1.29, 1.82) is 0 Å². The molecule has 0 aromatic carbocycles. The van der Waals surface area contributed by atoms with E-state index in [0.717, 1.165) is 18.8 Å². The van der Waals surface area contributed by atoms with Gasteiger partial charge in [0, 0.05) is 19.5 Å². The molecule has 2 rings (SSSR count). The number of rotatable bonds is 4. The van der Waals surface area contributed by atoms with Crippen molar-refractivity contribution in [1.82, 2.24) is 4.90 Å². The standard InChI is InChI=1S/C17H32N2O.ClH/c1-14-7-6-8-15(11-14)19(2)16(20)12-17(13-18)9-4-3-5-10-17;/h14-15H,3-13,18H2,1-2H3;1H. The molecule has 2 unspecified atom stereocenters. The Morgan fingerprint density at radius 3 is 2.43 bits per heavy atom. The summed E-state index contributed by atoms with van der Waals surface area (Å²) in [6.07, 6.45) is 11.7. The van der Waals surface area contributed by atoms with Crippen LogP contribution in [0.5, 0.6) is 0 Å². The molecule has 0 aromatic rings. The van der Waals surface area contributed by atoms with E-state index in [1.54, 1.807) is 0 Å². The van der Waals surface area contributed by atoms with E-state index in [-0.39, 0.29) is 17.8 Å². The molecule has 0 radical (unpaired) electrons. The molecule has 2 aliphatic carbocycles. The third-order valence-electron chi connectivity index (χ3n) is 5.72. The first-order valence-electron chi connectivity index (χ1n) is 8.52. The summed E-state index contributed by atoms with van der Waals surface area (Å²) >= 11 is 0. The molecule has 1 amide bonds. The van der Waals surface area contributed by atoms with Crippen molar-refractivity contribution >= 4 is 18.3 Å². The Kier molecular flexibility index (Phi) is 7.49. The van der Waals surface area contributed by atoms with Gasteiger partial charge >= 0.3 is 0 Å². The average molecular weight is 317 g/mol. The molecule has 0 spiro atoms. The van der Waals surface area contributed by atoms with Gasteiger partial charge < -0.3 is 10.6 Å². The second-order valence-electron chi connectivity index (χ2n) is 7.37. The highest BCUT2D eigenvalue weighted by Crippen LogP contribution is 2.39. The van der Waals surface area contributed by atoms with Gasteiger partial charge in [-0.25, -0.2) is 0 Å². The second kappa shape index (κ2) is 8.38. The molecule has 2 atom stereocenters. The second-order valence-corrected chi connectivity index (χ2v) is 7.37. The van der Waals surface area contributed by atoms with E-state index in [2.05, 4.69) is 6.92 Å². The summed E-state index contributed by atoms with van der Waals surface area (Å²) in [4.78, 5) is 14.7. The summed E-state index contributed by atoms with van der Waals surface area (Å²) < 4.78 is 0. The van der Waals surface area contributed by atoms with Crippen LogP contribution >= 0.6 is 12.4 Å². The lowest BCUT2D eigenvalue weighted by molar-refractivity contribution is -0.135. The maximum absolute atomic E-state index is 12.7. The average Bonchev–Trinajstić information content (AvgIpc) is 2.47. The quantitative estimate of drug-likeness (QED) is 0.858. The van der Waals surface area contributed by atoms with Crippen LogP contribution in [0.1, 0.15) is 71.1 Å². The zero-order chi connectivity index (χ0) is 14.6. The van der Waals surface area contributed by atoms with Gasteiger partial charge in [0.15, 0.2) is 0 Å². The number of nitrogens with zero attached hydrogens (tertiary/aromatic N) is 1. The molecule has 0 aliphatic heterocycles. The van der Waals surface area contributed by atoms with Crippen molar-refractivity contribution in [3.63, 3.8) is 0 Å². The van der Waals surface area contributed by atoms with Crippen molar-refractivity contribution in [3.05, 3.63) is 0 Å². The largest absolute Gasteiger partial charge is 0.343 e. The summed E-state index contributed by atoms with van der Waals surface area (Å²) in [5, 5.41) is 0. The summed E-state index contributed by atoms with van der Waals surface area (Å²) in [6, 6.07) is 0.463. The van der Waals surface area contributed by atoms with E-state index >= 15 is 0 Å². The maximum Gasteiger partial charge on any atom is 0.223 e. The molecule has 0 bridgehead atoms. The first kappa shape index (κ1) is 18.8. The molecule has 2 N–H and O–H groups in total. The number of halogens is 1. The SMILES string of the molecule is CC1CCCC(N(C)C(=O)CC2(CN)CCCCC2)C1.Cl. The zero-order valence-electron chi connectivity index (χ0n) is 13.8. The van der Waals surface area contributed by atoms with Gasteiger partial charge in [-0.1, -0.05) is 39.0 Å². The maximum atomic E-state index is 12.7. The van der Waals surface area contributed by atoms with Crippen LogP contribution in [0.25, 0.3) is 0 Å². The lowest BCUT2D eigenvalue weighted by Gasteiger charge is -2.39. The molecule has 2 saturated carbocycles. The molecule has 3 nitrogen and oxygen atoms in total. The predicted octanol–water partition coefficient (Wildman–Crippen LogP) is 3.74. The minimum Gasteiger partial charge on any atom is -0.343 e. The van der Waals surface area contributed by atoms with Crippen molar-refractivity contribution < 1.29 is 4.79 Å². The van der Waals surface area contributed by atoms with Crippen molar-refractivity contribution in [2.24, 2.45) is 17.1 Å². The van der Waals surface area contributed by atoms with Crippen LogP contribution in [0.15, 0.2) is 0 Å². The molecular weight excluding hydrogens is 284 g/mol. The predicted molar refractivity (Wildman–Crippen MR) is 90.6 cm³/mol. The minimum absolute atomic E-state index is 0. The number of carbonyl (C=O) groups is 1. The van der Waals surface area contributed by atoms with Gasteiger partial charge in [-0.05, 0) is 43.6 Å². The molecule has 0 saturated heterocycles. The summed E-state index contributed by atoms with van der Waals surface area (Å²) in [5.74, 6) is 1.10. The monoisotopic (exact) mass is 316 g/mol. The van der Waals surface area contributed by atoms with Crippen LogP contribution in [0.2, 0.25) is 0 Å². The Balaban J connectivity index is 0.00000220. The van der Waals surface area contributed by atoms with Crippen LogP contribution in [0.4, 0.5) is 0 Å². The van der Waals surface area contributed by atoms with Crippen LogP contribution in [0.3, 0.4) is 0 Å².